The maximum absolute atomic E-state index is 9.60. The predicted molar refractivity (Wildman–Crippen MR) is 86.1 cm³/mol. The van der Waals surface area contributed by atoms with E-state index in [4.69, 9.17) is 11.6 Å². The molecule has 0 unspecified atom stereocenters. The number of aryl methyl sites for hydroxylation is 2. The second kappa shape index (κ2) is 5.86. The van der Waals surface area contributed by atoms with Crippen molar-refractivity contribution >= 4 is 23.0 Å². The molecule has 2 aromatic rings. The first-order chi connectivity index (χ1) is 9.38. The third kappa shape index (κ3) is 3.14. The molecular formula is C17H20ClNO. The molecule has 0 saturated carbocycles. The van der Waals surface area contributed by atoms with Gasteiger partial charge in [0.05, 0.1) is 16.8 Å². The van der Waals surface area contributed by atoms with Gasteiger partial charge < -0.3 is 10.0 Å². The Morgan fingerprint density at radius 2 is 1.65 bits per heavy atom. The van der Waals surface area contributed by atoms with E-state index in [9.17, 15) is 5.11 Å². The maximum Gasteiger partial charge on any atom is 0.0762 e. The van der Waals surface area contributed by atoms with Gasteiger partial charge in [-0.15, -0.1) is 0 Å². The van der Waals surface area contributed by atoms with E-state index in [1.807, 2.05) is 25.2 Å². The Hall–Kier alpha value is -1.51. The van der Waals surface area contributed by atoms with Crippen molar-refractivity contribution in [1.29, 1.82) is 0 Å². The zero-order valence-corrected chi connectivity index (χ0v) is 13.1. The van der Waals surface area contributed by atoms with Crippen molar-refractivity contribution < 1.29 is 5.11 Å². The number of hydrogen-bond donors (Lipinski definition) is 1. The molecule has 3 heteroatoms. The molecule has 0 aliphatic heterocycles. The summed E-state index contributed by atoms with van der Waals surface area (Å²) in [5.41, 5.74) is 5.31. The van der Waals surface area contributed by atoms with Crippen LogP contribution in [-0.4, -0.2) is 12.2 Å². The zero-order valence-electron chi connectivity index (χ0n) is 12.3. The van der Waals surface area contributed by atoms with Crippen molar-refractivity contribution in [2.45, 2.75) is 26.9 Å². The van der Waals surface area contributed by atoms with Crippen LogP contribution in [0.15, 0.2) is 36.4 Å². The third-order valence-corrected chi connectivity index (χ3v) is 3.71. The Kier molecular flexibility index (Phi) is 4.36. The van der Waals surface area contributed by atoms with Gasteiger partial charge in [0, 0.05) is 12.7 Å². The molecule has 0 aliphatic rings. The van der Waals surface area contributed by atoms with Gasteiger partial charge in [-0.25, -0.2) is 0 Å². The van der Waals surface area contributed by atoms with E-state index in [0.717, 1.165) is 16.9 Å². The lowest BCUT2D eigenvalue weighted by molar-refractivity contribution is 0.199. The minimum Gasteiger partial charge on any atom is -0.389 e. The summed E-state index contributed by atoms with van der Waals surface area (Å²) in [4.78, 5) is 2.06. The van der Waals surface area contributed by atoms with Crippen LogP contribution in [-0.2, 0) is 0 Å². The van der Waals surface area contributed by atoms with Crippen molar-refractivity contribution in [3.63, 3.8) is 0 Å². The standard InChI is InChI=1S/C17H20ClNO/c1-11-7-12(2)9-15(8-11)19(4)17-6-5-14(13(3)20)10-16(17)18/h5-10,13,20H,1-4H3/t13-/m1/s1. The fourth-order valence-electron chi connectivity index (χ4n) is 2.34. The molecule has 0 aliphatic carbocycles. The number of nitrogens with zero attached hydrogens (tertiary/aromatic N) is 1. The molecule has 1 atom stereocenters. The van der Waals surface area contributed by atoms with Crippen LogP contribution in [0.4, 0.5) is 11.4 Å². The highest BCUT2D eigenvalue weighted by Gasteiger charge is 2.11. The molecule has 0 fully saturated rings. The van der Waals surface area contributed by atoms with Crippen molar-refractivity contribution in [2.75, 3.05) is 11.9 Å². The van der Waals surface area contributed by atoms with Crippen LogP contribution in [0.5, 0.6) is 0 Å². The van der Waals surface area contributed by atoms with Gasteiger partial charge in [-0.3, -0.25) is 0 Å². The summed E-state index contributed by atoms with van der Waals surface area (Å²) in [7, 11) is 2.00. The summed E-state index contributed by atoms with van der Waals surface area (Å²) >= 11 is 6.35. The normalized spacial score (nSPS) is 12.3. The van der Waals surface area contributed by atoms with Crippen LogP contribution >= 0.6 is 11.6 Å². The molecule has 0 bridgehead atoms. The number of aliphatic hydroxyl groups is 1. The molecule has 0 saturated heterocycles. The maximum atomic E-state index is 9.60. The lowest BCUT2D eigenvalue weighted by atomic mass is 10.1. The molecule has 0 aromatic heterocycles. The van der Waals surface area contributed by atoms with Gasteiger partial charge in [0.2, 0.25) is 0 Å². The molecule has 20 heavy (non-hydrogen) atoms. The van der Waals surface area contributed by atoms with E-state index in [2.05, 4.69) is 36.9 Å². The van der Waals surface area contributed by atoms with E-state index in [1.54, 1.807) is 6.92 Å². The van der Waals surface area contributed by atoms with E-state index in [-0.39, 0.29) is 0 Å². The average molecular weight is 290 g/mol. The number of aliphatic hydroxyl groups excluding tert-OH is 1. The Balaban J connectivity index is 2.40. The Labute approximate surface area is 125 Å². The van der Waals surface area contributed by atoms with Crippen molar-refractivity contribution in [2.24, 2.45) is 0 Å². The first-order valence-corrected chi connectivity index (χ1v) is 7.06. The minimum atomic E-state index is -0.506. The van der Waals surface area contributed by atoms with Gasteiger partial charge in [-0.1, -0.05) is 23.7 Å². The smallest absolute Gasteiger partial charge is 0.0762 e. The number of anilines is 2. The van der Waals surface area contributed by atoms with Gasteiger partial charge in [0.15, 0.2) is 0 Å². The predicted octanol–water partition coefficient (Wildman–Crippen LogP) is 4.78. The number of halogens is 1. The number of hydrogen-bond acceptors (Lipinski definition) is 2. The molecule has 2 rings (SSSR count). The number of rotatable bonds is 3. The largest absolute Gasteiger partial charge is 0.389 e. The first kappa shape index (κ1) is 14.9. The van der Waals surface area contributed by atoms with Gasteiger partial charge >= 0.3 is 0 Å². The second-order valence-corrected chi connectivity index (χ2v) is 5.70. The Morgan fingerprint density at radius 1 is 1.05 bits per heavy atom. The quantitative estimate of drug-likeness (QED) is 0.879. The molecule has 1 N–H and O–H groups in total. The summed E-state index contributed by atoms with van der Waals surface area (Å²) < 4.78 is 0. The van der Waals surface area contributed by atoms with Crippen molar-refractivity contribution in [3.05, 3.63) is 58.1 Å². The topological polar surface area (TPSA) is 23.5 Å². The lowest BCUT2D eigenvalue weighted by Crippen LogP contribution is -2.10. The van der Waals surface area contributed by atoms with E-state index in [1.165, 1.54) is 11.1 Å². The van der Waals surface area contributed by atoms with Crippen LogP contribution in [0, 0.1) is 13.8 Å². The van der Waals surface area contributed by atoms with Gasteiger partial charge in [0.1, 0.15) is 0 Å². The summed E-state index contributed by atoms with van der Waals surface area (Å²) in [6.07, 6.45) is -0.506. The van der Waals surface area contributed by atoms with Gasteiger partial charge in [-0.05, 0) is 61.7 Å². The van der Waals surface area contributed by atoms with E-state index < -0.39 is 6.10 Å². The lowest BCUT2D eigenvalue weighted by Gasteiger charge is -2.22. The van der Waals surface area contributed by atoms with E-state index in [0.29, 0.717) is 5.02 Å². The SMILES string of the molecule is Cc1cc(C)cc(N(C)c2ccc([C@@H](C)O)cc2Cl)c1. The van der Waals surface area contributed by atoms with E-state index >= 15 is 0 Å². The molecule has 106 valence electrons. The molecule has 2 nitrogen and oxygen atoms in total. The van der Waals surface area contributed by atoms with Crippen LogP contribution in [0.2, 0.25) is 5.02 Å². The minimum absolute atomic E-state index is 0.506. The molecule has 0 amide bonds. The fraction of sp³-hybridized carbons (Fsp3) is 0.294. The highest BCUT2D eigenvalue weighted by Crippen LogP contribution is 2.33. The van der Waals surface area contributed by atoms with Gasteiger partial charge in [-0.2, -0.15) is 0 Å². The van der Waals surface area contributed by atoms with Crippen LogP contribution in [0.3, 0.4) is 0 Å². The summed E-state index contributed by atoms with van der Waals surface area (Å²) in [6.45, 7) is 5.91. The van der Waals surface area contributed by atoms with Crippen molar-refractivity contribution in [1.82, 2.24) is 0 Å². The van der Waals surface area contributed by atoms with Crippen LogP contribution in [0.25, 0.3) is 0 Å². The molecule has 0 radical (unpaired) electrons. The highest BCUT2D eigenvalue weighted by atomic mass is 35.5. The van der Waals surface area contributed by atoms with Crippen molar-refractivity contribution in [3.8, 4) is 0 Å². The van der Waals surface area contributed by atoms with Crippen LogP contribution < -0.4 is 4.90 Å². The number of benzene rings is 2. The van der Waals surface area contributed by atoms with Crippen LogP contribution in [0.1, 0.15) is 29.7 Å². The second-order valence-electron chi connectivity index (χ2n) is 5.29. The summed E-state index contributed by atoms with van der Waals surface area (Å²) in [5, 5.41) is 10.2. The Bertz CT molecular complexity index is 602. The first-order valence-electron chi connectivity index (χ1n) is 6.68. The average Bonchev–Trinajstić information content (AvgIpc) is 2.36. The highest BCUT2D eigenvalue weighted by molar-refractivity contribution is 6.33. The Morgan fingerprint density at radius 3 is 2.15 bits per heavy atom. The summed E-state index contributed by atoms with van der Waals surface area (Å²) in [6, 6.07) is 12.1. The fourth-order valence-corrected chi connectivity index (χ4v) is 2.65. The molecular weight excluding hydrogens is 270 g/mol. The molecule has 0 heterocycles. The molecule has 2 aromatic carbocycles. The monoisotopic (exact) mass is 289 g/mol. The molecule has 0 spiro atoms. The van der Waals surface area contributed by atoms with Gasteiger partial charge in [0.25, 0.3) is 0 Å². The summed E-state index contributed by atoms with van der Waals surface area (Å²) in [5.74, 6) is 0. The zero-order chi connectivity index (χ0) is 14.9. The third-order valence-electron chi connectivity index (χ3n) is 3.41.